The molecule has 0 fully saturated rings. The number of carbonyl (C=O) groups is 1. The van der Waals surface area contributed by atoms with Gasteiger partial charge in [0, 0.05) is 28.2 Å². The number of anilines is 1. The van der Waals surface area contributed by atoms with Gasteiger partial charge in [0.05, 0.1) is 5.69 Å². The molecule has 0 unspecified atom stereocenters. The summed E-state index contributed by atoms with van der Waals surface area (Å²) in [7, 11) is 1.84. The molecule has 1 aromatic carbocycles. The molecule has 3 nitrogen and oxygen atoms in total. The Morgan fingerprint density at radius 1 is 1.45 bits per heavy atom. The fourth-order valence-corrected chi connectivity index (χ4v) is 3.87. The molecule has 0 saturated heterocycles. The van der Waals surface area contributed by atoms with Gasteiger partial charge in [-0.1, -0.05) is 35.8 Å². The van der Waals surface area contributed by atoms with Gasteiger partial charge in [0.15, 0.2) is 0 Å². The standard InChI is InChI=1S/C15H19BrN2OS/c1-9(2)7-8-18(3)15(19)14-13(17)12-10(16)5-4-6-11(12)20-14/h4-6,9H,7-8,17H2,1-3H3. The number of rotatable bonds is 4. The summed E-state index contributed by atoms with van der Waals surface area (Å²) in [6.45, 7) is 5.07. The van der Waals surface area contributed by atoms with Crippen LogP contribution in [-0.2, 0) is 0 Å². The number of nitrogen functional groups attached to an aromatic ring is 1. The zero-order chi connectivity index (χ0) is 14.9. The first kappa shape index (κ1) is 15.3. The normalized spacial score (nSPS) is 11.2. The Kier molecular flexibility index (Phi) is 4.70. The zero-order valence-corrected chi connectivity index (χ0v) is 14.3. The van der Waals surface area contributed by atoms with Crippen molar-refractivity contribution in [3.8, 4) is 0 Å². The van der Waals surface area contributed by atoms with Crippen LogP contribution in [0.2, 0.25) is 0 Å². The van der Waals surface area contributed by atoms with Crippen LogP contribution >= 0.6 is 27.3 Å². The van der Waals surface area contributed by atoms with Crippen molar-refractivity contribution in [2.45, 2.75) is 20.3 Å². The molecule has 1 amide bonds. The van der Waals surface area contributed by atoms with Crippen LogP contribution in [-0.4, -0.2) is 24.4 Å². The molecule has 0 spiro atoms. The van der Waals surface area contributed by atoms with Gasteiger partial charge in [0.2, 0.25) is 0 Å². The van der Waals surface area contributed by atoms with E-state index in [0.717, 1.165) is 27.5 Å². The smallest absolute Gasteiger partial charge is 0.265 e. The molecule has 0 bridgehead atoms. The van der Waals surface area contributed by atoms with Crippen molar-refractivity contribution < 1.29 is 4.79 Å². The van der Waals surface area contributed by atoms with Crippen molar-refractivity contribution in [3.05, 3.63) is 27.5 Å². The third-order valence-electron chi connectivity index (χ3n) is 3.28. The molecule has 0 aliphatic carbocycles. The first-order valence-electron chi connectivity index (χ1n) is 6.63. The van der Waals surface area contributed by atoms with Crippen molar-refractivity contribution in [3.63, 3.8) is 0 Å². The van der Waals surface area contributed by atoms with Crippen molar-refractivity contribution in [2.24, 2.45) is 5.92 Å². The Morgan fingerprint density at radius 3 is 2.75 bits per heavy atom. The van der Waals surface area contributed by atoms with Gasteiger partial charge in [-0.3, -0.25) is 4.79 Å². The van der Waals surface area contributed by atoms with Crippen molar-refractivity contribution >= 4 is 48.9 Å². The van der Waals surface area contributed by atoms with Gasteiger partial charge < -0.3 is 10.6 Å². The fourth-order valence-electron chi connectivity index (χ4n) is 2.01. The number of carbonyl (C=O) groups excluding carboxylic acids is 1. The summed E-state index contributed by atoms with van der Waals surface area (Å²) < 4.78 is 1.98. The number of thiophene rings is 1. The molecule has 108 valence electrons. The molecule has 0 saturated carbocycles. The quantitative estimate of drug-likeness (QED) is 0.886. The lowest BCUT2D eigenvalue weighted by Gasteiger charge is -2.17. The largest absolute Gasteiger partial charge is 0.397 e. The first-order valence-corrected chi connectivity index (χ1v) is 8.24. The minimum atomic E-state index is 0.0104. The predicted octanol–water partition coefficient (Wildman–Crippen LogP) is 4.36. The number of amides is 1. The second-order valence-corrected chi connectivity index (χ2v) is 7.27. The molecule has 1 heterocycles. The molecular weight excluding hydrogens is 336 g/mol. The van der Waals surface area contributed by atoms with Crippen LogP contribution < -0.4 is 5.73 Å². The number of hydrogen-bond acceptors (Lipinski definition) is 3. The number of halogens is 1. The average Bonchev–Trinajstić information content (AvgIpc) is 2.73. The highest BCUT2D eigenvalue weighted by Gasteiger charge is 2.20. The van der Waals surface area contributed by atoms with E-state index in [9.17, 15) is 4.79 Å². The van der Waals surface area contributed by atoms with Crippen LogP contribution in [0.25, 0.3) is 10.1 Å². The zero-order valence-electron chi connectivity index (χ0n) is 11.9. The van der Waals surface area contributed by atoms with Crippen LogP contribution in [0.1, 0.15) is 29.9 Å². The second-order valence-electron chi connectivity index (χ2n) is 5.37. The lowest BCUT2D eigenvalue weighted by molar-refractivity contribution is 0.0795. The predicted molar refractivity (Wildman–Crippen MR) is 90.4 cm³/mol. The summed E-state index contributed by atoms with van der Waals surface area (Å²) >= 11 is 4.96. The second kappa shape index (κ2) is 6.14. The Morgan fingerprint density at radius 2 is 2.15 bits per heavy atom. The maximum atomic E-state index is 12.5. The maximum Gasteiger partial charge on any atom is 0.265 e. The maximum absolute atomic E-state index is 12.5. The molecule has 2 aromatic rings. The van der Waals surface area contributed by atoms with Gasteiger partial charge in [0.1, 0.15) is 4.88 Å². The van der Waals surface area contributed by atoms with Crippen LogP contribution in [0.3, 0.4) is 0 Å². The van der Waals surface area contributed by atoms with E-state index in [1.165, 1.54) is 11.3 Å². The first-order chi connectivity index (χ1) is 9.41. The number of nitrogens with two attached hydrogens (primary N) is 1. The summed E-state index contributed by atoms with van der Waals surface area (Å²) in [5.41, 5.74) is 6.75. The topological polar surface area (TPSA) is 46.3 Å². The minimum absolute atomic E-state index is 0.0104. The van der Waals surface area contributed by atoms with Crippen LogP contribution in [0.4, 0.5) is 5.69 Å². The van der Waals surface area contributed by atoms with E-state index >= 15 is 0 Å². The molecular formula is C15H19BrN2OS. The summed E-state index contributed by atoms with van der Waals surface area (Å²) in [5, 5.41) is 0.943. The van der Waals surface area contributed by atoms with Gasteiger partial charge in [-0.05, 0) is 24.5 Å². The van der Waals surface area contributed by atoms with Crippen LogP contribution in [0, 0.1) is 5.92 Å². The Hall–Kier alpha value is -1.07. The van der Waals surface area contributed by atoms with E-state index in [2.05, 4.69) is 29.8 Å². The molecule has 0 aliphatic rings. The Labute approximate surface area is 131 Å². The third kappa shape index (κ3) is 2.99. The highest BCUT2D eigenvalue weighted by atomic mass is 79.9. The van der Waals surface area contributed by atoms with E-state index in [1.807, 2.05) is 25.2 Å². The summed E-state index contributed by atoms with van der Waals surface area (Å²) in [6.07, 6.45) is 0.997. The SMILES string of the molecule is CC(C)CCN(C)C(=O)c1sc2cccc(Br)c2c1N. The number of benzene rings is 1. The van der Waals surface area contributed by atoms with Gasteiger partial charge >= 0.3 is 0 Å². The van der Waals surface area contributed by atoms with Crippen molar-refractivity contribution in [1.82, 2.24) is 4.90 Å². The van der Waals surface area contributed by atoms with E-state index in [-0.39, 0.29) is 5.91 Å². The molecule has 0 aliphatic heterocycles. The van der Waals surface area contributed by atoms with Crippen LogP contribution in [0.5, 0.6) is 0 Å². The van der Waals surface area contributed by atoms with Gasteiger partial charge in [-0.2, -0.15) is 0 Å². The number of nitrogens with zero attached hydrogens (tertiary/aromatic N) is 1. The highest BCUT2D eigenvalue weighted by Crippen LogP contribution is 2.38. The Balaban J connectivity index is 2.31. The lowest BCUT2D eigenvalue weighted by atomic mass is 10.1. The number of fused-ring (bicyclic) bond motifs is 1. The molecule has 0 radical (unpaired) electrons. The fraction of sp³-hybridized carbons (Fsp3) is 0.400. The van der Waals surface area contributed by atoms with Crippen molar-refractivity contribution in [2.75, 3.05) is 19.3 Å². The van der Waals surface area contributed by atoms with E-state index in [4.69, 9.17) is 5.73 Å². The van der Waals surface area contributed by atoms with Gasteiger partial charge in [-0.25, -0.2) is 0 Å². The lowest BCUT2D eigenvalue weighted by Crippen LogP contribution is -2.28. The summed E-state index contributed by atoms with van der Waals surface area (Å²) in [4.78, 5) is 14.9. The number of hydrogen-bond donors (Lipinski definition) is 1. The molecule has 5 heteroatoms. The molecule has 1 aromatic heterocycles. The third-order valence-corrected chi connectivity index (χ3v) is 5.10. The van der Waals surface area contributed by atoms with Crippen LogP contribution in [0.15, 0.2) is 22.7 Å². The molecule has 0 atom stereocenters. The highest BCUT2D eigenvalue weighted by molar-refractivity contribution is 9.10. The summed E-state index contributed by atoms with van der Waals surface area (Å²) in [6, 6.07) is 5.90. The van der Waals surface area contributed by atoms with E-state index in [1.54, 1.807) is 4.90 Å². The van der Waals surface area contributed by atoms with Crippen molar-refractivity contribution in [1.29, 1.82) is 0 Å². The monoisotopic (exact) mass is 354 g/mol. The minimum Gasteiger partial charge on any atom is -0.397 e. The molecule has 2 rings (SSSR count). The molecule has 2 N–H and O–H groups in total. The van der Waals surface area contributed by atoms with E-state index in [0.29, 0.717) is 16.5 Å². The Bertz CT molecular complexity index is 636. The van der Waals surface area contributed by atoms with E-state index < -0.39 is 0 Å². The average molecular weight is 355 g/mol. The van der Waals surface area contributed by atoms with Gasteiger partial charge in [0.25, 0.3) is 5.91 Å². The molecule has 20 heavy (non-hydrogen) atoms. The summed E-state index contributed by atoms with van der Waals surface area (Å²) in [5.74, 6) is 0.593. The van der Waals surface area contributed by atoms with Gasteiger partial charge in [-0.15, -0.1) is 11.3 Å².